The summed E-state index contributed by atoms with van der Waals surface area (Å²) < 4.78 is 1.87. The zero-order valence-corrected chi connectivity index (χ0v) is 13.4. The Balaban J connectivity index is 2.24. The number of nitrogens with zero attached hydrogens (tertiary/aromatic N) is 1. The fourth-order valence-electron chi connectivity index (χ4n) is 1.51. The Morgan fingerprint density at radius 3 is 2.53 bits per heavy atom. The molecule has 0 radical (unpaired) electrons. The SMILES string of the molecule is N#Cc1cc(Br)ccc1NC(=O)c1ccc(I)cc1. The number of nitrogens with one attached hydrogen (secondary N) is 1. The van der Waals surface area contributed by atoms with Crippen LogP contribution in [0.3, 0.4) is 0 Å². The molecule has 0 spiro atoms. The van der Waals surface area contributed by atoms with Crippen molar-refractivity contribution in [2.75, 3.05) is 5.32 Å². The molecule has 94 valence electrons. The van der Waals surface area contributed by atoms with E-state index in [2.05, 4.69) is 49.9 Å². The van der Waals surface area contributed by atoms with Gasteiger partial charge in [0.25, 0.3) is 5.91 Å². The van der Waals surface area contributed by atoms with Gasteiger partial charge in [-0.3, -0.25) is 4.79 Å². The predicted octanol–water partition coefficient (Wildman–Crippen LogP) is 4.18. The highest BCUT2D eigenvalue weighted by molar-refractivity contribution is 14.1. The summed E-state index contributed by atoms with van der Waals surface area (Å²) in [5.74, 6) is -0.227. The third-order valence-electron chi connectivity index (χ3n) is 2.46. The van der Waals surface area contributed by atoms with Crippen molar-refractivity contribution in [3.8, 4) is 6.07 Å². The normalized spacial score (nSPS) is 9.74. The minimum Gasteiger partial charge on any atom is -0.321 e. The van der Waals surface area contributed by atoms with E-state index in [1.165, 1.54) is 0 Å². The summed E-state index contributed by atoms with van der Waals surface area (Å²) in [5.41, 5.74) is 1.50. The van der Waals surface area contributed by atoms with Crippen LogP contribution in [0, 0.1) is 14.9 Å². The molecule has 0 atom stereocenters. The highest BCUT2D eigenvalue weighted by Gasteiger charge is 2.09. The number of hydrogen-bond donors (Lipinski definition) is 1. The van der Waals surface area contributed by atoms with Crippen LogP contribution in [0.1, 0.15) is 15.9 Å². The maximum Gasteiger partial charge on any atom is 0.255 e. The molecule has 2 rings (SSSR count). The van der Waals surface area contributed by atoms with E-state index < -0.39 is 0 Å². The summed E-state index contributed by atoms with van der Waals surface area (Å²) in [5, 5.41) is 11.8. The molecule has 0 aliphatic rings. The maximum atomic E-state index is 12.0. The zero-order valence-electron chi connectivity index (χ0n) is 9.65. The second kappa shape index (κ2) is 6.17. The van der Waals surface area contributed by atoms with E-state index in [4.69, 9.17) is 5.26 Å². The number of carbonyl (C=O) groups excluding carboxylic acids is 1. The van der Waals surface area contributed by atoms with E-state index in [-0.39, 0.29) is 5.91 Å². The molecule has 5 heteroatoms. The molecule has 1 amide bonds. The van der Waals surface area contributed by atoms with Crippen LogP contribution < -0.4 is 5.32 Å². The van der Waals surface area contributed by atoms with Gasteiger partial charge in [-0.15, -0.1) is 0 Å². The lowest BCUT2D eigenvalue weighted by Crippen LogP contribution is -2.12. The molecule has 0 bridgehead atoms. The van der Waals surface area contributed by atoms with Crippen molar-refractivity contribution in [2.45, 2.75) is 0 Å². The molecule has 0 aromatic heterocycles. The number of carbonyl (C=O) groups is 1. The van der Waals surface area contributed by atoms with Crippen molar-refractivity contribution in [3.05, 3.63) is 61.6 Å². The van der Waals surface area contributed by atoms with E-state index >= 15 is 0 Å². The highest BCUT2D eigenvalue weighted by atomic mass is 127. The molecule has 19 heavy (non-hydrogen) atoms. The van der Waals surface area contributed by atoms with Crippen molar-refractivity contribution in [1.29, 1.82) is 5.26 Å². The molecule has 0 heterocycles. The lowest BCUT2D eigenvalue weighted by Gasteiger charge is -2.07. The van der Waals surface area contributed by atoms with Crippen LogP contribution >= 0.6 is 38.5 Å². The van der Waals surface area contributed by atoms with E-state index in [0.29, 0.717) is 16.8 Å². The number of rotatable bonds is 2. The molecule has 0 unspecified atom stereocenters. The summed E-state index contributed by atoms with van der Waals surface area (Å²) >= 11 is 5.47. The lowest BCUT2D eigenvalue weighted by atomic mass is 10.1. The van der Waals surface area contributed by atoms with Crippen LogP contribution in [0.5, 0.6) is 0 Å². The van der Waals surface area contributed by atoms with Crippen molar-refractivity contribution in [1.82, 2.24) is 0 Å². The van der Waals surface area contributed by atoms with Gasteiger partial charge < -0.3 is 5.32 Å². The topological polar surface area (TPSA) is 52.9 Å². The number of nitriles is 1. The van der Waals surface area contributed by atoms with Crippen LogP contribution in [0.2, 0.25) is 0 Å². The van der Waals surface area contributed by atoms with Crippen molar-refractivity contribution < 1.29 is 4.79 Å². The molecule has 0 saturated carbocycles. The number of benzene rings is 2. The smallest absolute Gasteiger partial charge is 0.255 e. The second-order valence-electron chi connectivity index (χ2n) is 3.76. The summed E-state index contributed by atoms with van der Waals surface area (Å²) in [6.45, 7) is 0. The summed E-state index contributed by atoms with van der Waals surface area (Å²) in [4.78, 5) is 12.0. The minimum atomic E-state index is -0.227. The average molecular weight is 427 g/mol. The number of hydrogen-bond acceptors (Lipinski definition) is 2. The summed E-state index contributed by atoms with van der Waals surface area (Å²) in [6.07, 6.45) is 0. The molecule has 0 aliphatic heterocycles. The van der Waals surface area contributed by atoms with Gasteiger partial charge in [0, 0.05) is 13.6 Å². The van der Waals surface area contributed by atoms with E-state index in [1.54, 1.807) is 30.3 Å². The number of halogens is 2. The van der Waals surface area contributed by atoms with Gasteiger partial charge in [0.15, 0.2) is 0 Å². The zero-order chi connectivity index (χ0) is 13.8. The molecular weight excluding hydrogens is 419 g/mol. The van der Waals surface area contributed by atoms with Gasteiger partial charge in [0.2, 0.25) is 0 Å². The van der Waals surface area contributed by atoms with Crippen LogP contribution in [-0.2, 0) is 0 Å². The molecular formula is C14H8BrIN2O. The predicted molar refractivity (Wildman–Crippen MR) is 86.0 cm³/mol. The van der Waals surface area contributed by atoms with Gasteiger partial charge in [-0.1, -0.05) is 15.9 Å². The number of amides is 1. The third-order valence-corrected chi connectivity index (χ3v) is 3.67. The minimum absolute atomic E-state index is 0.227. The van der Waals surface area contributed by atoms with Crippen molar-refractivity contribution in [3.63, 3.8) is 0 Å². The van der Waals surface area contributed by atoms with Gasteiger partial charge in [0.05, 0.1) is 11.3 Å². The van der Waals surface area contributed by atoms with Crippen LogP contribution in [0.4, 0.5) is 5.69 Å². The molecule has 0 fully saturated rings. The standard InChI is InChI=1S/C14H8BrIN2O/c15-11-3-6-13(10(7-11)8-17)18-14(19)9-1-4-12(16)5-2-9/h1-7H,(H,18,19). The fourth-order valence-corrected chi connectivity index (χ4v) is 2.23. The highest BCUT2D eigenvalue weighted by Crippen LogP contribution is 2.21. The first-order valence-electron chi connectivity index (χ1n) is 5.37. The van der Waals surface area contributed by atoms with E-state index in [0.717, 1.165) is 8.04 Å². The van der Waals surface area contributed by atoms with Crippen LogP contribution in [-0.4, -0.2) is 5.91 Å². The molecule has 1 N–H and O–H groups in total. The van der Waals surface area contributed by atoms with E-state index in [1.807, 2.05) is 12.1 Å². The van der Waals surface area contributed by atoms with Gasteiger partial charge in [-0.25, -0.2) is 0 Å². The second-order valence-corrected chi connectivity index (χ2v) is 5.92. The number of anilines is 1. The quantitative estimate of drug-likeness (QED) is 0.732. The van der Waals surface area contributed by atoms with Crippen molar-refractivity contribution >= 4 is 50.1 Å². The summed E-state index contributed by atoms with van der Waals surface area (Å²) in [6, 6.07) is 14.4. The Morgan fingerprint density at radius 2 is 1.89 bits per heavy atom. The Morgan fingerprint density at radius 1 is 1.21 bits per heavy atom. The summed E-state index contributed by atoms with van der Waals surface area (Å²) in [7, 11) is 0. The third kappa shape index (κ3) is 3.55. The molecule has 3 nitrogen and oxygen atoms in total. The Labute approximate surface area is 132 Å². The monoisotopic (exact) mass is 426 g/mol. The first-order valence-corrected chi connectivity index (χ1v) is 7.24. The maximum absolute atomic E-state index is 12.0. The van der Waals surface area contributed by atoms with E-state index in [9.17, 15) is 4.79 Å². The lowest BCUT2D eigenvalue weighted by molar-refractivity contribution is 0.102. The van der Waals surface area contributed by atoms with Gasteiger partial charge >= 0.3 is 0 Å². The first kappa shape index (κ1) is 14.0. The molecule has 0 saturated heterocycles. The fraction of sp³-hybridized carbons (Fsp3) is 0. The average Bonchev–Trinajstić information content (AvgIpc) is 2.41. The van der Waals surface area contributed by atoms with Gasteiger partial charge in [0.1, 0.15) is 6.07 Å². The molecule has 2 aromatic carbocycles. The molecule has 2 aromatic rings. The molecule has 0 aliphatic carbocycles. The van der Waals surface area contributed by atoms with Crippen LogP contribution in [0.15, 0.2) is 46.9 Å². The van der Waals surface area contributed by atoms with Crippen LogP contribution in [0.25, 0.3) is 0 Å². The van der Waals surface area contributed by atoms with Crippen molar-refractivity contribution in [2.24, 2.45) is 0 Å². The first-order chi connectivity index (χ1) is 9.10. The Hall–Kier alpha value is -1.39. The Kier molecular flexibility index (Phi) is 4.56. The van der Waals surface area contributed by atoms with Gasteiger partial charge in [-0.2, -0.15) is 5.26 Å². The van der Waals surface area contributed by atoms with Gasteiger partial charge in [-0.05, 0) is 65.1 Å². The largest absolute Gasteiger partial charge is 0.321 e. The Bertz CT molecular complexity index is 662.